The summed E-state index contributed by atoms with van der Waals surface area (Å²) in [5.74, 6) is 0. The van der Waals surface area contributed by atoms with E-state index in [0.29, 0.717) is 45.7 Å². The first-order chi connectivity index (χ1) is 11.4. The Kier molecular flexibility index (Phi) is 5.26. The molecular formula is C15H22N2O5S2. The molecule has 0 radical (unpaired) electrons. The SMILES string of the molecule is O=S(=O)(c1ccccc1)N1CCCC(S(=O)(=O)N2CCOCC2)C1. The summed E-state index contributed by atoms with van der Waals surface area (Å²) in [5.41, 5.74) is 0. The van der Waals surface area contributed by atoms with Gasteiger partial charge in [0.1, 0.15) is 0 Å². The average Bonchev–Trinajstić information content (AvgIpc) is 2.63. The minimum Gasteiger partial charge on any atom is -0.379 e. The molecule has 0 bridgehead atoms. The molecule has 2 aliphatic heterocycles. The lowest BCUT2D eigenvalue weighted by atomic mass is 10.2. The lowest BCUT2D eigenvalue weighted by Gasteiger charge is -2.35. The standard InChI is InChI=1S/C15H22N2O5S2/c18-23(19,14-5-2-1-3-6-14)17-8-4-7-15(13-17)24(20,21)16-9-11-22-12-10-16/h1-3,5-6,15H,4,7-13H2. The van der Waals surface area contributed by atoms with Gasteiger partial charge in [-0.3, -0.25) is 0 Å². The summed E-state index contributed by atoms with van der Waals surface area (Å²) in [6, 6.07) is 8.16. The van der Waals surface area contributed by atoms with Crippen LogP contribution in [0.4, 0.5) is 0 Å². The van der Waals surface area contributed by atoms with E-state index in [1.807, 2.05) is 0 Å². The third-order valence-corrected chi connectivity index (χ3v) is 8.66. The normalized spacial score (nSPS) is 24.8. The van der Waals surface area contributed by atoms with Crippen molar-refractivity contribution in [3.8, 4) is 0 Å². The van der Waals surface area contributed by atoms with Crippen molar-refractivity contribution in [1.82, 2.24) is 8.61 Å². The molecule has 2 fully saturated rings. The first kappa shape index (κ1) is 17.8. The van der Waals surface area contributed by atoms with Crippen LogP contribution in [0.1, 0.15) is 12.8 Å². The Balaban J connectivity index is 1.79. The Morgan fingerprint density at radius 1 is 0.917 bits per heavy atom. The molecule has 0 aromatic heterocycles. The van der Waals surface area contributed by atoms with Gasteiger partial charge in [-0.25, -0.2) is 16.8 Å². The van der Waals surface area contributed by atoms with Crippen molar-refractivity contribution in [1.29, 1.82) is 0 Å². The van der Waals surface area contributed by atoms with Crippen molar-refractivity contribution in [2.75, 3.05) is 39.4 Å². The summed E-state index contributed by atoms with van der Waals surface area (Å²) in [4.78, 5) is 0.203. The highest BCUT2D eigenvalue weighted by Crippen LogP contribution is 2.25. The number of hydrogen-bond acceptors (Lipinski definition) is 5. The molecule has 1 aromatic carbocycles. The zero-order valence-corrected chi connectivity index (χ0v) is 15.0. The lowest BCUT2D eigenvalue weighted by Crippen LogP contribution is -2.51. The smallest absolute Gasteiger partial charge is 0.243 e. The summed E-state index contributed by atoms with van der Waals surface area (Å²) < 4.78 is 59.0. The molecule has 2 aliphatic rings. The van der Waals surface area contributed by atoms with Crippen LogP contribution < -0.4 is 0 Å². The Morgan fingerprint density at radius 2 is 1.58 bits per heavy atom. The van der Waals surface area contributed by atoms with Gasteiger partial charge in [-0.15, -0.1) is 0 Å². The molecule has 1 atom stereocenters. The zero-order chi connectivity index (χ0) is 17.2. The molecular weight excluding hydrogens is 352 g/mol. The second-order valence-electron chi connectivity index (χ2n) is 6.00. The fourth-order valence-electron chi connectivity index (χ4n) is 3.12. The zero-order valence-electron chi connectivity index (χ0n) is 13.4. The van der Waals surface area contributed by atoms with Gasteiger partial charge < -0.3 is 4.74 Å². The minimum atomic E-state index is -3.66. The summed E-state index contributed by atoms with van der Waals surface area (Å²) in [7, 11) is -7.17. The summed E-state index contributed by atoms with van der Waals surface area (Å²) in [5, 5.41) is -0.692. The molecule has 0 aliphatic carbocycles. The molecule has 0 saturated carbocycles. The van der Waals surface area contributed by atoms with Crippen LogP contribution in [0.25, 0.3) is 0 Å². The van der Waals surface area contributed by atoms with E-state index in [9.17, 15) is 16.8 Å². The first-order valence-corrected chi connectivity index (χ1v) is 11.0. The number of piperidine rings is 1. The van der Waals surface area contributed by atoms with E-state index in [1.54, 1.807) is 18.2 Å². The van der Waals surface area contributed by atoms with Crippen LogP contribution in [0, 0.1) is 0 Å². The van der Waals surface area contributed by atoms with Crippen molar-refractivity contribution in [3.05, 3.63) is 30.3 Å². The predicted octanol–water partition coefficient (Wildman–Crippen LogP) is 0.502. The predicted molar refractivity (Wildman–Crippen MR) is 89.5 cm³/mol. The molecule has 2 saturated heterocycles. The van der Waals surface area contributed by atoms with Gasteiger partial charge in [0.2, 0.25) is 20.0 Å². The van der Waals surface area contributed by atoms with Crippen LogP contribution >= 0.6 is 0 Å². The van der Waals surface area contributed by atoms with Crippen LogP contribution in [-0.2, 0) is 24.8 Å². The summed E-state index contributed by atoms with van der Waals surface area (Å²) in [6.07, 6.45) is 1.03. The molecule has 7 nitrogen and oxygen atoms in total. The van der Waals surface area contributed by atoms with Crippen molar-refractivity contribution in [3.63, 3.8) is 0 Å². The van der Waals surface area contributed by atoms with Gasteiger partial charge in [0.25, 0.3) is 0 Å². The van der Waals surface area contributed by atoms with Crippen LogP contribution in [0.5, 0.6) is 0 Å². The van der Waals surface area contributed by atoms with E-state index in [1.165, 1.54) is 20.7 Å². The highest BCUT2D eigenvalue weighted by Gasteiger charge is 2.39. The number of nitrogens with zero attached hydrogens (tertiary/aromatic N) is 2. The molecule has 2 heterocycles. The number of rotatable bonds is 4. The van der Waals surface area contributed by atoms with E-state index >= 15 is 0 Å². The Labute approximate surface area is 143 Å². The van der Waals surface area contributed by atoms with Crippen LogP contribution in [-0.4, -0.2) is 70.1 Å². The number of ether oxygens (including phenoxy) is 1. The highest BCUT2D eigenvalue weighted by atomic mass is 32.2. The summed E-state index contributed by atoms with van der Waals surface area (Å²) >= 11 is 0. The number of hydrogen-bond donors (Lipinski definition) is 0. The second-order valence-corrected chi connectivity index (χ2v) is 10.1. The van der Waals surface area contributed by atoms with Gasteiger partial charge in [0.05, 0.1) is 23.4 Å². The molecule has 3 rings (SSSR count). The molecule has 0 N–H and O–H groups in total. The van der Waals surface area contributed by atoms with Crippen molar-refractivity contribution in [2.24, 2.45) is 0 Å². The van der Waals surface area contributed by atoms with Crippen LogP contribution in [0.15, 0.2) is 35.2 Å². The fraction of sp³-hybridized carbons (Fsp3) is 0.600. The topological polar surface area (TPSA) is 84.0 Å². The Bertz CT molecular complexity index is 758. The number of morpholine rings is 1. The van der Waals surface area contributed by atoms with E-state index in [-0.39, 0.29) is 11.4 Å². The molecule has 1 unspecified atom stereocenters. The number of benzene rings is 1. The van der Waals surface area contributed by atoms with Crippen molar-refractivity contribution in [2.45, 2.75) is 23.0 Å². The van der Waals surface area contributed by atoms with Gasteiger partial charge in [0, 0.05) is 26.2 Å². The van der Waals surface area contributed by atoms with Gasteiger partial charge in [-0.05, 0) is 25.0 Å². The van der Waals surface area contributed by atoms with Gasteiger partial charge in [0.15, 0.2) is 0 Å². The van der Waals surface area contributed by atoms with Gasteiger partial charge in [-0.2, -0.15) is 8.61 Å². The fourth-order valence-corrected chi connectivity index (χ4v) is 6.67. The third-order valence-electron chi connectivity index (χ3n) is 4.47. The molecule has 1 aromatic rings. The maximum absolute atomic E-state index is 12.8. The quantitative estimate of drug-likeness (QED) is 0.766. The van der Waals surface area contributed by atoms with Crippen LogP contribution in [0.2, 0.25) is 0 Å². The third kappa shape index (κ3) is 3.50. The van der Waals surface area contributed by atoms with Crippen molar-refractivity contribution >= 4 is 20.0 Å². The van der Waals surface area contributed by atoms with E-state index in [2.05, 4.69) is 0 Å². The average molecular weight is 374 g/mol. The van der Waals surface area contributed by atoms with E-state index < -0.39 is 25.3 Å². The number of sulfonamides is 2. The van der Waals surface area contributed by atoms with Gasteiger partial charge in [-0.1, -0.05) is 18.2 Å². The Hall–Kier alpha value is -1.00. The molecule has 134 valence electrons. The molecule has 0 amide bonds. The molecule has 24 heavy (non-hydrogen) atoms. The molecule has 9 heteroatoms. The largest absolute Gasteiger partial charge is 0.379 e. The second kappa shape index (κ2) is 7.09. The maximum atomic E-state index is 12.8. The van der Waals surface area contributed by atoms with E-state index in [0.717, 1.165) is 0 Å². The summed E-state index contributed by atoms with van der Waals surface area (Å²) in [6.45, 7) is 1.81. The molecule has 0 spiro atoms. The minimum absolute atomic E-state index is 0.0108. The van der Waals surface area contributed by atoms with Crippen molar-refractivity contribution < 1.29 is 21.6 Å². The monoisotopic (exact) mass is 374 g/mol. The first-order valence-electron chi connectivity index (χ1n) is 8.04. The maximum Gasteiger partial charge on any atom is 0.243 e. The Morgan fingerprint density at radius 3 is 2.25 bits per heavy atom. The lowest BCUT2D eigenvalue weighted by molar-refractivity contribution is 0.0722. The van der Waals surface area contributed by atoms with Crippen LogP contribution in [0.3, 0.4) is 0 Å². The van der Waals surface area contributed by atoms with E-state index in [4.69, 9.17) is 4.74 Å². The highest BCUT2D eigenvalue weighted by molar-refractivity contribution is 7.90. The van der Waals surface area contributed by atoms with Gasteiger partial charge >= 0.3 is 0 Å².